The van der Waals surface area contributed by atoms with Gasteiger partial charge in [-0.2, -0.15) is 0 Å². The highest BCUT2D eigenvalue weighted by molar-refractivity contribution is 5.51. The quantitative estimate of drug-likeness (QED) is 0.692. The minimum atomic E-state index is -0.369. The third-order valence-corrected chi connectivity index (χ3v) is 1.70. The van der Waals surface area contributed by atoms with E-state index in [0.29, 0.717) is 0 Å². The van der Waals surface area contributed by atoms with Crippen LogP contribution < -0.4 is 5.73 Å². The van der Waals surface area contributed by atoms with E-state index in [0.717, 1.165) is 11.1 Å². The predicted octanol–water partition coefficient (Wildman–Crippen LogP) is 0.717. The van der Waals surface area contributed by atoms with E-state index in [4.69, 9.17) is 10.8 Å². The molecule has 0 unspecified atom stereocenters. The van der Waals surface area contributed by atoms with E-state index in [1.807, 2.05) is 6.07 Å². The first-order valence-corrected chi connectivity index (χ1v) is 3.72. The molecule has 12 heavy (non-hydrogen) atoms. The van der Waals surface area contributed by atoms with Gasteiger partial charge in [-0.25, -0.2) is 0 Å². The Labute approximate surface area is 71.6 Å². The molecule has 1 aromatic heterocycles. The molecule has 1 heterocycles. The number of pyridine rings is 1. The lowest BCUT2D eigenvalue weighted by molar-refractivity contribution is 0.267. The van der Waals surface area contributed by atoms with E-state index in [2.05, 4.69) is 11.6 Å². The average molecular weight is 164 g/mol. The molecule has 0 bridgehead atoms. The number of rotatable bonds is 3. The number of nitrogens with two attached hydrogens (primary N) is 1. The molecule has 3 N–H and O–H groups in total. The molecule has 0 saturated heterocycles. The summed E-state index contributed by atoms with van der Waals surface area (Å²) in [6.45, 7) is 3.57. The Morgan fingerprint density at radius 1 is 1.75 bits per heavy atom. The highest BCUT2D eigenvalue weighted by atomic mass is 16.3. The van der Waals surface area contributed by atoms with E-state index in [1.54, 1.807) is 18.5 Å². The lowest BCUT2D eigenvalue weighted by Crippen LogP contribution is -2.15. The van der Waals surface area contributed by atoms with Crippen LogP contribution >= 0.6 is 0 Å². The number of hydrogen-bond acceptors (Lipinski definition) is 3. The zero-order chi connectivity index (χ0) is 8.97. The van der Waals surface area contributed by atoms with Crippen LogP contribution in [-0.4, -0.2) is 16.7 Å². The van der Waals surface area contributed by atoms with Crippen molar-refractivity contribution in [1.29, 1.82) is 0 Å². The minimum absolute atomic E-state index is 0.0769. The zero-order valence-corrected chi connectivity index (χ0v) is 6.77. The maximum absolute atomic E-state index is 8.82. The summed E-state index contributed by atoms with van der Waals surface area (Å²) >= 11 is 0. The summed E-state index contributed by atoms with van der Waals surface area (Å²) < 4.78 is 0. The monoisotopic (exact) mass is 164 g/mol. The molecule has 3 nitrogen and oxygen atoms in total. The first-order valence-electron chi connectivity index (χ1n) is 3.72. The van der Waals surface area contributed by atoms with E-state index in [1.165, 1.54) is 0 Å². The van der Waals surface area contributed by atoms with Gasteiger partial charge >= 0.3 is 0 Å². The maximum Gasteiger partial charge on any atom is 0.0625 e. The van der Waals surface area contributed by atoms with E-state index >= 15 is 0 Å². The Hall–Kier alpha value is -1.19. The SMILES string of the molecule is C=Cc1ccncc1[C@H](N)CO. The van der Waals surface area contributed by atoms with Crippen molar-refractivity contribution < 1.29 is 5.11 Å². The first kappa shape index (κ1) is 8.90. The summed E-state index contributed by atoms with van der Waals surface area (Å²) in [4.78, 5) is 3.92. The van der Waals surface area contributed by atoms with Crippen molar-refractivity contribution in [1.82, 2.24) is 4.98 Å². The van der Waals surface area contributed by atoms with Crippen LogP contribution in [0.25, 0.3) is 6.08 Å². The fraction of sp³-hybridized carbons (Fsp3) is 0.222. The molecule has 1 atom stereocenters. The largest absolute Gasteiger partial charge is 0.394 e. The zero-order valence-electron chi connectivity index (χ0n) is 6.77. The molecule has 1 aromatic rings. The lowest BCUT2D eigenvalue weighted by Gasteiger charge is -2.10. The molecule has 0 saturated carbocycles. The van der Waals surface area contributed by atoms with Crippen molar-refractivity contribution in [2.24, 2.45) is 5.73 Å². The topological polar surface area (TPSA) is 59.1 Å². The van der Waals surface area contributed by atoms with Crippen LogP contribution in [0.5, 0.6) is 0 Å². The fourth-order valence-corrected chi connectivity index (χ4v) is 1.01. The van der Waals surface area contributed by atoms with Crippen molar-refractivity contribution >= 4 is 6.08 Å². The lowest BCUT2D eigenvalue weighted by atomic mass is 10.0. The van der Waals surface area contributed by atoms with Crippen molar-refractivity contribution in [3.63, 3.8) is 0 Å². The van der Waals surface area contributed by atoms with Gasteiger partial charge in [0.1, 0.15) is 0 Å². The van der Waals surface area contributed by atoms with E-state index in [9.17, 15) is 0 Å². The molecular formula is C9H12N2O. The van der Waals surface area contributed by atoms with Crippen LogP contribution in [0.2, 0.25) is 0 Å². The second-order valence-electron chi connectivity index (χ2n) is 2.50. The van der Waals surface area contributed by atoms with Gasteiger partial charge in [0.15, 0.2) is 0 Å². The van der Waals surface area contributed by atoms with Crippen LogP contribution in [0.4, 0.5) is 0 Å². The number of hydrogen-bond donors (Lipinski definition) is 2. The Kier molecular flexibility index (Phi) is 2.96. The molecule has 64 valence electrons. The Morgan fingerprint density at radius 3 is 3.08 bits per heavy atom. The standard InChI is InChI=1S/C9H12N2O/c1-2-7-3-4-11-5-8(7)9(10)6-12/h2-5,9,12H,1,6,10H2/t9-/m1/s1. The van der Waals surface area contributed by atoms with Crippen LogP contribution in [0.15, 0.2) is 25.0 Å². The Bertz CT molecular complexity index is 273. The van der Waals surface area contributed by atoms with Crippen LogP contribution in [0.3, 0.4) is 0 Å². The van der Waals surface area contributed by atoms with Crippen molar-refractivity contribution in [2.45, 2.75) is 6.04 Å². The third-order valence-electron chi connectivity index (χ3n) is 1.70. The molecule has 0 aliphatic carbocycles. The van der Waals surface area contributed by atoms with Gasteiger partial charge in [0, 0.05) is 12.4 Å². The first-order chi connectivity index (χ1) is 5.79. The Morgan fingerprint density at radius 2 is 2.50 bits per heavy atom. The second-order valence-corrected chi connectivity index (χ2v) is 2.50. The summed E-state index contributed by atoms with van der Waals surface area (Å²) in [5.41, 5.74) is 7.38. The molecule has 0 aromatic carbocycles. The number of aromatic nitrogens is 1. The average Bonchev–Trinajstić information content (AvgIpc) is 2.16. The third kappa shape index (κ3) is 1.69. The highest BCUT2D eigenvalue weighted by Gasteiger charge is 2.07. The molecule has 0 aliphatic heterocycles. The summed E-state index contributed by atoms with van der Waals surface area (Å²) in [5.74, 6) is 0. The van der Waals surface area contributed by atoms with Crippen LogP contribution in [0.1, 0.15) is 17.2 Å². The molecule has 0 fully saturated rings. The fourth-order valence-electron chi connectivity index (χ4n) is 1.01. The molecule has 0 aliphatic rings. The molecule has 3 heteroatoms. The van der Waals surface area contributed by atoms with Gasteiger partial charge in [0.2, 0.25) is 0 Å². The van der Waals surface area contributed by atoms with Crippen LogP contribution in [-0.2, 0) is 0 Å². The van der Waals surface area contributed by atoms with Gasteiger partial charge in [-0.3, -0.25) is 4.98 Å². The normalized spacial score (nSPS) is 12.5. The van der Waals surface area contributed by atoms with Gasteiger partial charge in [0.05, 0.1) is 12.6 Å². The van der Waals surface area contributed by atoms with Gasteiger partial charge in [0.25, 0.3) is 0 Å². The van der Waals surface area contributed by atoms with Crippen molar-refractivity contribution in [2.75, 3.05) is 6.61 Å². The minimum Gasteiger partial charge on any atom is -0.394 e. The van der Waals surface area contributed by atoms with E-state index in [-0.39, 0.29) is 12.6 Å². The number of nitrogens with zero attached hydrogens (tertiary/aromatic N) is 1. The number of aliphatic hydroxyl groups is 1. The van der Waals surface area contributed by atoms with Gasteiger partial charge in [-0.1, -0.05) is 12.7 Å². The van der Waals surface area contributed by atoms with Gasteiger partial charge in [-0.15, -0.1) is 0 Å². The number of aliphatic hydroxyl groups excluding tert-OH is 1. The van der Waals surface area contributed by atoms with Crippen LogP contribution in [0, 0.1) is 0 Å². The molecular weight excluding hydrogens is 152 g/mol. The summed E-state index contributed by atoms with van der Waals surface area (Å²) in [5, 5.41) is 8.82. The van der Waals surface area contributed by atoms with Crippen molar-refractivity contribution in [3.05, 3.63) is 36.2 Å². The molecule has 0 spiro atoms. The molecule has 1 rings (SSSR count). The smallest absolute Gasteiger partial charge is 0.0625 e. The summed E-state index contributed by atoms with van der Waals surface area (Å²) in [6.07, 6.45) is 5.02. The highest BCUT2D eigenvalue weighted by Crippen LogP contribution is 2.14. The van der Waals surface area contributed by atoms with Gasteiger partial charge in [-0.05, 0) is 17.2 Å². The van der Waals surface area contributed by atoms with E-state index < -0.39 is 0 Å². The predicted molar refractivity (Wildman–Crippen MR) is 48.3 cm³/mol. The summed E-state index contributed by atoms with van der Waals surface area (Å²) in [7, 11) is 0. The Balaban J connectivity index is 3.04. The molecule has 0 radical (unpaired) electrons. The summed E-state index contributed by atoms with van der Waals surface area (Å²) in [6, 6.07) is 1.45. The van der Waals surface area contributed by atoms with Gasteiger partial charge < -0.3 is 10.8 Å². The second kappa shape index (κ2) is 3.99. The molecule has 0 amide bonds. The maximum atomic E-state index is 8.82. The van der Waals surface area contributed by atoms with Crippen molar-refractivity contribution in [3.8, 4) is 0 Å².